The number of imidazole rings is 1. The maximum absolute atomic E-state index is 13.2. The van der Waals surface area contributed by atoms with Crippen molar-refractivity contribution in [3.05, 3.63) is 58.1 Å². The second kappa shape index (κ2) is 4.96. The number of aromatic nitrogens is 2. The van der Waals surface area contributed by atoms with Gasteiger partial charge in [0.25, 0.3) is 0 Å². The number of hydrogen-bond donors (Lipinski definition) is 1. The van der Waals surface area contributed by atoms with Gasteiger partial charge >= 0.3 is 5.97 Å². The lowest BCUT2D eigenvalue weighted by atomic mass is 10.2. The van der Waals surface area contributed by atoms with Gasteiger partial charge in [-0.3, -0.25) is 4.57 Å². The Morgan fingerprint density at radius 2 is 2.05 bits per heavy atom. The number of hydrogen-bond acceptors (Lipinski definition) is 2. The maximum atomic E-state index is 13.2. The fourth-order valence-corrected chi connectivity index (χ4v) is 2.82. The molecule has 0 unspecified atom stereocenters. The second-order valence-electron chi connectivity index (χ2n) is 4.60. The van der Waals surface area contributed by atoms with Crippen LogP contribution in [0.4, 0.5) is 4.39 Å². The molecule has 0 bridgehead atoms. The summed E-state index contributed by atoms with van der Waals surface area (Å²) in [4.78, 5) is 15.5. The van der Waals surface area contributed by atoms with Gasteiger partial charge in [-0.25, -0.2) is 14.2 Å². The molecule has 0 amide bonds. The van der Waals surface area contributed by atoms with Crippen molar-refractivity contribution in [3.63, 3.8) is 0 Å². The fourth-order valence-electron chi connectivity index (χ4n) is 2.30. The van der Waals surface area contributed by atoms with E-state index < -0.39 is 5.97 Å². The number of fused-ring (bicyclic) bond motifs is 1. The highest BCUT2D eigenvalue weighted by atomic mass is 79.9. The van der Waals surface area contributed by atoms with E-state index in [-0.39, 0.29) is 11.4 Å². The minimum Gasteiger partial charge on any atom is -0.478 e. The smallest absolute Gasteiger partial charge is 0.335 e. The van der Waals surface area contributed by atoms with Gasteiger partial charge in [0.2, 0.25) is 0 Å². The SMILES string of the molecule is Cc1nc2ccc(C(=O)O)cc2n1-c1ccc(F)cc1Br. The molecule has 106 valence electrons. The Hall–Kier alpha value is -2.21. The minimum absolute atomic E-state index is 0.182. The molecule has 0 aliphatic carbocycles. The van der Waals surface area contributed by atoms with Crippen molar-refractivity contribution in [2.45, 2.75) is 6.92 Å². The summed E-state index contributed by atoms with van der Waals surface area (Å²) in [6.45, 7) is 1.82. The summed E-state index contributed by atoms with van der Waals surface area (Å²) in [5, 5.41) is 9.12. The van der Waals surface area contributed by atoms with Crippen LogP contribution in [0.15, 0.2) is 40.9 Å². The third kappa shape index (κ3) is 2.31. The molecule has 3 aromatic rings. The minimum atomic E-state index is -1.000. The summed E-state index contributed by atoms with van der Waals surface area (Å²) < 4.78 is 15.6. The number of carboxylic acids is 1. The van der Waals surface area contributed by atoms with E-state index in [9.17, 15) is 9.18 Å². The number of nitrogens with zero attached hydrogens (tertiary/aromatic N) is 2. The first-order valence-electron chi connectivity index (χ1n) is 6.15. The van der Waals surface area contributed by atoms with Crippen molar-refractivity contribution in [3.8, 4) is 5.69 Å². The summed E-state index contributed by atoms with van der Waals surface area (Å²) in [5.41, 5.74) is 2.24. The summed E-state index contributed by atoms with van der Waals surface area (Å²) >= 11 is 3.33. The number of aryl methyl sites for hydroxylation is 1. The highest BCUT2D eigenvalue weighted by Gasteiger charge is 2.14. The summed E-state index contributed by atoms with van der Waals surface area (Å²) in [6, 6.07) is 9.09. The Kier molecular flexibility index (Phi) is 3.25. The first-order chi connectivity index (χ1) is 9.97. The molecule has 3 rings (SSSR count). The van der Waals surface area contributed by atoms with Gasteiger partial charge in [0.05, 0.1) is 22.3 Å². The molecule has 4 nitrogen and oxygen atoms in total. The van der Waals surface area contributed by atoms with Gasteiger partial charge < -0.3 is 5.11 Å². The highest BCUT2D eigenvalue weighted by Crippen LogP contribution is 2.28. The van der Waals surface area contributed by atoms with Gasteiger partial charge in [0, 0.05) is 4.47 Å². The van der Waals surface area contributed by atoms with Gasteiger partial charge in [0.1, 0.15) is 11.6 Å². The van der Waals surface area contributed by atoms with Crippen LogP contribution in [-0.2, 0) is 0 Å². The van der Waals surface area contributed by atoms with Crippen LogP contribution in [-0.4, -0.2) is 20.6 Å². The monoisotopic (exact) mass is 348 g/mol. The quantitative estimate of drug-likeness (QED) is 0.763. The molecule has 0 saturated carbocycles. The van der Waals surface area contributed by atoms with Gasteiger partial charge in [0.15, 0.2) is 0 Å². The van der Waals surface area contributed by atoms with Crippen molar-refractivity contribution in [1.82, 2.24) is 9.55 Å². The summed E-state index contributed by atoms with van der Waals surface area (Å²) in [7, 11) is 0. The van der Waals surface area contributed by atoms with Crippen LogP contribution >= 0.6 is 15.9 Å². The third-order valence-corrected chi connectivity index (χ3v) is 3.85. The van der Waals surface area contributed by atoms with E-state index in [1.165, 1.54) is 18.2 Å². The van der Waals surface area contributed by atoms with Crippen molar-refractivity contribution in [2.75, 3.05) is 0 Å². The van der Waals surface area contributed by atoms with Crippen LogP contribution in [0.5, 0.6) is 0 Å². The molecule has 0 spiro atoms. The van der Waals surface area contributed by atoms with Gasteiger partial charge in [-0.2, -0.15) is 0 Å². The van der Waals surface area contributed by atoms with Crippen LogP contribution in [0.25, 0.3) is 16.7 Å². The molecule has 1 N–H and O–H groups in total. The van der Waals surface area contributed by atoms with Crippen molar-refractivity contribution in [1.29, 1.82) is 0 Å². The predicted octanol–water partition coefficient (Wildman–Crippen LogP) is 3.93. The van der Waals surface area contributed by atoms with Crippen LogP contribution in [0.1, 0.15) is 16.2 Å². The lowest BCUT2D eigenvalue weighted by Crippen LogP contribution is -2.00. The zero-order valence-electron chi connectivity index (χ0n) is 11.0. The van der Waals surface area contributed by atoms with Crippen molar-refractivity contribution in [2.24, 2.45) is 0 Å². The second-order valence-corrected chi connectivity index (χ2v) is 5.45. The molecule has 6 heteroatoms. The molecule has 21 heavy (non-hydrogen) atoms. The number of halogens is 2. The zero-order valence-corrected chi connectivity index (χ0v) is 12.6. The number of benzene rings is 2. The zero-order chi connectivity index (χ0) is 15.1. The first kappa shape index (κ1) is 13.8. The van der Waals surface area contributed by atoms with Gasteiger partial charge in [-0.15, -0.1) is 0 Å². The van der Waals surface area contributed by atoms with Crippen molar-refractivity contribution < 1.29 is 14.3 Å². The Balaban J connectivity index is 2.32. The molecule has 2 aromatic carbocycles. The Morgan fingerprint density at radius 3 is 2.71 bits per heavy atom. The third-order valence-electron chi connectivity index (χ3n) is 3.22. The normalized spacial score (nSPS) is 11.0. The maximum Gasteiger partial charge on any atom is 0.335 e. The van der Waals surface area contributed by atoms with Gasteiger partial charge in [-0.05, 0) is 59.3 Å². The molecule has 0 saturated heterocycles. The van der Waals surface area contributed by atoms with E-state index >= 15 is 0 Å². The molecular weight excluding hydrogens is 339 g/mol. The summed E-state index contributed by atoms with van der Waals surface area (Å²) in [5.74, 6) is -0.653. The molecule has 0 aliphatic rings. The average molecular weight is 349 g/mol. The van der Waals surface area contributed by atoms with Gasteiger partial charge in [-0.1, -0.05) is 0 Å². The number of aromatic carboxylic acids is 1. The average Bonchev–Trinajstić information content (AvgIpc) is 2.74. The van der Waals surface area contributed by atoms with Crippen LogP contribution in [0, 0.1) is 12.7 Å². The van der Waals surface area contributed by atoms with Crippen molar-refractivity contribution >= 4 is 32.9 Å². The van der Waals surface area contributed by atoms with E-state index in [2.05, 4.69) is 20.9 Å². The standard InChI is InChI=1S/C15H10BrFN2O2/c1-8-18-12-4-2-9(15(20)21)6-14(12)19(8)13-5-3-10(17)7-11(13)16/h2-7H,1H3,(H,20,21). The number of carbonyl (C=O) groups is 1. The first-order valence-corrected chi connectivity index (χ1v) is 6.94. The lowest BCUT2D eigenvalue weighted by molar-refractivity contribution is 0.0697. The van der Waals surface area contributed by atoms with Crippen LogP contribution < -0.4 is 0 Å². The molecule has 0 aliphatic heterocycles. The Bertz CT molecular complexity index is 873. The molecule has 0 atom stereocenters. The molecule has 0 radical (unpaired) electrons. The number of carboxylic acid groups (broad SMARTS) is 1. The summed E-state index contributed by atoms with van der Waals surface area (Å²) in [6.07, 6.45) is 0. The van der Waals surface area contributed by atoms with Crippen LogP contribution in [0.3, 0.4) is 0 Å². The van der Waals surface area contributed by atoms with E-state index in [1.54, 1.807) is 22.8 Å². The molecule has 1 heterocycles. The van der Waals surface area contributed by atoms with Crippen LogP contribution in [0.2, 0.25) is 0 Å². The Morgan fingerprint density at radius 1 is 1.29 bits per heavy atom. The van der Waals surface area contributed by atoms with E-state index in [4.69, 9.17) is 5.11 Å². The van der Waals surface area contributed by atoms with E-state index in [0.717, 1.165) is 0 Å². The topological polar surface area (TPSA) is 55.1 Å². The predicted molar refractivity (Wildman–Crippen MR) is 80.4 cm³/mol. The molecule has 0 fully saturated rings. The number of rotatable bonds is 2. The highest BCUT2D eigenvalue weighted by molar-refractivity contribution is 9.10. The Labute approximate surface area is 128 Å². The largest absolute Gasteiger partial charge is 0.478 e. The molecular formula is C15H10BrFN2O2. The molecule has 1 aromatic heterocycles. The van der Waals surface area contributed by atoms with E-state index in [0.29, 0.717) is 27.0 Å². The van der Waals surface area contributed by atoms with E-state index in [1.807, 2.05) is 6.92 Å². The lowest BCUT2D eigenvalue weighted by Gasteiger charge is -2.09. The fraction of sp³-hybridized carbons (Fsp3) is 0.0667.